The highest BCUT2D eigenvalue weighted by Gasteiger charge is 2.35. The second kappa shape index (κ2) is 8.31. The molecule has 0 spiro atoms. The summed E-state index contributed by atoms with van der Waals surface area (Å²) in [7, 11) is -3.10. The highest BCUT2D eigenvalue weighted by atomic mass is 79.9. The molecule has 0 radical (unpaired) electrons. The minimum atomic E-state index is -3.10. The number of ether oxygens (including phenoxy) is 1. The van der Waals surface area contributed by atoms with Crippen molar-refractivity contribution in [3.63, 3.8) is 0 Å². The van der Waals surface area contributed by atoms with E-state index in [1.54, 1.807) is 29.2 Å². The number of carbonyl (C=O) groups is 2. The van der Waals surface area contributed by atoms with Crippen LogP contribution in [0.5, 0.6) is 0 Å². The van der Waals surface area contributed by atoms with Crippen LogP contribution in [0.15, 0.2) is 28.7 Å². The summed E-state index contributed by atoms with van der Waals surface area (Å²) in [5, 5.41) is 0. The normalized spacial score (nSPS) is 19.0. The molecular formula is C17H22BrNO5S. The van der Waals surface area contributed by atoms with Crippen molar-refractivity contribution in [1.82, 2.24) is 4.90 Å². The minimum Gasteiger partial charge on any atom is -0.452 e. The minimum absolute atomic E-state index is 0.0242. The van der Waals surface area contributed by atoms with Crippen LogP contribution >= 0.6 is 15.9 Å². The van der Waals surface area contributed by atoms with E-state index in [9.17, 15) is 18.0 Å². The molecule has 1 aromatic carbocycles. The van der Waals surface area contributed by atoms with Gasteiger partial charge in [0.05, 0.1) is 17.1 Å². The van der Waals surface area contributed by atoms with Crippen molar-refractivity contribution in [1.29, 1.82) is 0 Å². The van der Waals surface area contributed by atoms with Gasteiger partial charge < -0.3 is 9.64 Å². The second-order valence-electron chi connectivity index (χ2n) is 6.55. The molecule has 25 heavy (non-hydrogen) atoms. The van der Waals surface area contributed by atoms with Gasteiger partial charge in [-0.05, 0) is 40.4 Å². The Morgan fingerprint density at radius 1 is 1.32 bits per heavy atom. The van der Waals surface area contributed by atoms with Crippen LogP contribution in [0.4, 0.5) is 0 Å². The summed E-state index contributed by atoms with van der Waals surface area (Å²) in [6.07, 6.45) is 0.430. The number of esters is 1. The molecule has 1 atom stereocenters. The molecule has 2 rings (SSSR count). The molecule has 1 heterocycles. The Bertz CT molecular complexity index is 747. The van der Waals surface area contributed by atoms with Crippen LogP contribution in [0.3, 0.4) is 0 Å². The third kappa shape index (κ3) is 5.54. The summed E-state index contributed by atoms with van der Waals surface area (Å²) >= 11 is 3.27. The monoisotopic (exact) mass is 431 g/mol. The number of carbonyl (C=O) groups excluding carboxylic acids is 2. The lowest BCUT2D eigenvalue weighted by Crippen LogP contribution is -2.45. The maximum absolute atomic E-state index is 12.5. The van der Waals surface area contributed by atoms with E-state index in [-0.39, 0.29) is 29.4 Å². The van der Waals surface area contributed by atoms with Crippen LogP contribution < -0.4 is 0 Å². The Balaban J connectivity index is 2.02. The zero-order valence-corrected chi connectivity index (χ0v) is 16.7. The molecule has 6 nitrogen and oxygen atoms in total. The number of sulfone groups is 1. The summed E-state index contributed by atoms with van der Waals surface area (Å²) in [6, 6.07) is 6.45. The van der Waals surface area contributed by atoms with E-state index in [0.29, 0.717) is 23.0 Å². The number of benzene rings is 1. The van der Waals surface area contributed by atoms with Gasteiger partial charge in [0.25, 0.3) is 5.91 Å². The molecule has 0 aliphatic carbocycles. The number of halogens is 1. The number of nitrogens with zero attached hydrogens (tertiary/aromatic N) is 1. The van der Waals surface area contributed by atoms with E-state index in [4.69, 9.17) is 4.74 Å². The van der Waals surface area contributed by atoms with Crippen LogP contribution in [0.1, 0.15) is 30.6 Å². The van der Waals surface area contributed by atoms with Gasteiger partial charge in [0, 0.05) is 17.1 Å². The lowest BCUT2D eigenvalue weighted by atomic mass is 10.1. The molecule has 1 saturated heterocycles. The van der Waals surface area contributed by atoms with Crippen molar-refractivity contribution in [2.75, 3.05) is 24.7 Å². The van der Waals surface area contributed by atoms with Crippen LogP contribution in [-0.2, 0) is 19.4 Å². The van der Waals surface area contributed by atoms with E-state index < -0.39 is 22.4 Å². The highest BCUT2D eigenvalue weighted by molar-refractivity contribution is 9.10. The second-order valence-corrected chi connectivity index (χ2v) is 9.64. The third-order valence-electron chi connectivity index (χ3n) is 3.95. The van der Waals surface area contributed by atoms with Gasteiger partial charge in [0.1, 0.15) is 0 Å². The van der Waals surface area contributed by atoms with Crippen LogP contribution in [-0.4, -0.2) is 55.9 Å². The van der Waals surface area contributed by atoms with Crippen LogP contribution in [0.25, 0.3) is 0 Å². The molecule has 1 fully saturated rings. The average molecular weight is 432 g/mol. The van der Waals surface area contributed by atoms with Crippen molar-refractivity contribution in [3.8, 4) is 0 Å². The van der Waals surface area contributed by atoms with Crippen molar-refractivity contribution in [2.45, 2.75) is 26.3 Å². The number of hydrogen-bond donors (Lipinski definition) is 0. The zero-order valence-electron chi connectivity index (χ0n) is 14.3. The summed E-state index contributed by atoms with van der Waals surface area (Å²) in [5.41, 5.74) is 0.342. The van der Waals surface area contributed by atoms with Gasteiger partial charge in [-0.3, -0.25) is 4.79 Å². The summed E-state index contributed by atoms with van der Waals surface area (Å²) in [6.45, 7) is 3.95. The lowest BCUT2D eigenvalue weighted by molar-refractivity contribution is -0.137. The van der Waals surface area contributed by atoms with Crippen LogP contribution in [0.2, 0.25) is 0 Å². The van der Waals surface area contributed by atoms with Gasteiger partial charge in [0.2, 0.25) is 0 Å². The maximum atomic E-state index is 12.5. The van der Waals surface area contributed by atoms with E-state index in [1.807, 2.05) is 13.8 Å². The molecule has 0 bridgehead atoms. The zero-order chi connectivity index (χ0) is 18.6. The molecule has 1 aromatic rings. The van der Waals surface area contributed by atoms with Crippen molar-refractivity contribution < 1.29 is 22.7 Å². The third-order valence-corrected chi connectivity index (χ3v) is 6.39. The number of amides is 1. The SMILES string of the molecule is CC(C)CN(C(=O)COC(=O)c1ccccc1Br)[C@H]1CCS(=O)(=O)C1. The smallest absolute Gasteiger partial charge is 0.339 e. The summed E-state index contributed by atoms with van der Waals surface area (Å²) in [5.74, 6) is -0.702. The summed E-state index contributed by atoms with van der Waals surface area (Å²) in [4.78, 5) is 26.2. The Hall–Kier alpha value is -1.41. The Labute approximate surface area is 156 Å². The molecule has 0 unspecified atom stereocenters. The van der Waals surface area contributed by atoms with Gasteiger partial charge in [-0.2, -0.15) is 0 Å². The van der Waals surface area contributed by atoms with Crippen molar-refractivity contribution in [3.05, 3.63) is 34.3 Å². The van der Waals surface area contributed by atoms with E-state index in [1.165, 1.54) is 0 Å². The first-order valence-corrected chi connectivity index (χ1v) is 10.7. The molecule has 1 aliphatic heterocycles. The lowest BCUT2D eigenvalue weighted by Gasteiger charge is -2.29. The van der Waals surface area contributed by atoms with E-state index in [0.717, 1.165) is 0 Å². The summed E-state index contributed by atoms with van der Waals surface area (Å²) < 4.78 is 29.2. The van der Waals surface area contributed by atoms with E-state index >= 15 is 0 Å². The van der Waals surface area contributed by atoms with Crippen LogP contribution in [0, 0.1) is 5.92 Å². The van der Waals surface area contributed by atoms with Gasteiger partial charge in [-0.15, -0.1) is 0 Å². The first-order valence-electron chi connectivity index (χ1n) is 8.11. The molecule has 138 valence electrons. The fourth-order valence-corrected chi connectivity index (χ4v) is 4.96. The number of hydrogen-bond acceptors (Lipinski definition) is 5. The molecular weight excluding hydrogens is 410 g/mol. The fraction of sp³-hybridized carbons (Fsp3) is 0.529. The molecule has 1 amide bonds. The van der Waals surface area contributed by atoms with Gasteiger partial charge in [0.15, 0.2) is 16.4 Å². The van der Waals surface area contributed by atoms with E-state index in [2.05, 4.69) is 15.9 Å². The first-order chi connectivity index (χ1) is 11.7. The molecule has 8 heteroatoms. The average Bonchev–Trinajstić information content (AvgIpc) is 2.90. The number of rotatable bonds is 6. The Morgan fingerprint density at radius 3 is 2.56 bits per heavy atom. The molecule has 0 N–H and O–H groups in total. The topological polar surface area (TPSA) is 80.8 Å². The standard InChI is InChI=1S/C17H22BrNO5S/c1-12(2)9-19(13-7-8-25(22,23)11-13)16(20)10-24-17(21)14-5-3-4-6-15(14)18/h3-6,12-13H,7-11H2,1-2H3/t13-/m0/s1. The fourth-order valence-electron chi connectivity index (χ4n) is 2.78. The predicted octanol–water partition coefficient (Wildman–Crippen LogP) is 2.28. The molecule has 1 aliphatic rings. The predicted molar refractivity (Wildman–Crippen MR) is 98.0 cm³/mol. The Morgan fingerprint density at radius 2 is 2.00 bits per heavy atom. The maximum Gasteiger partial charge on any atom is 0.339 e. The van der Waals surface area contributed by atoms with Crippen molar-refractivity contribution in [2.24, 2.45) is 5.92 Å². The molecule has 0 aromatic heterocycles. The van der Waals surface area contributed by atoms with Gasteiger partial charge >= 0.3 is 5.97 Å². The molecule has 0 saturated carbocycles. The van der Waals surface area contributed by atoms with Gasteiger partial charge in [-0.1, -0.05) is 26.0 Å². The first kappa shape index (κ1) is 19.9. The highest BCUT2D eigenvalue weighted by Crippen LogP contribution is 2.20. The quantitative estimate of drug-likeness (QED) is 0.645. The largest absolute Gasteiger partial charge is 0.452 e. The van der Waals surface area contributed by atoms with Gasteiger partial charge in [-0.25, -0.2) is 13.2 Å². The van der Waals surface area contributed by atoms with Crippen molar-refractivity contribution >= 4 is 37.6 Å². The Kier molecular flexibility index (Phi) is 6.62.